The molecule has 5 rings (SSSR count). The molecule has 1 saturated heterocycles. The van der Waals surface area contributed by atoms with E-state index in [1.165, 1.54) is 4.90 Å². The van der Waals surface area contributed by atoms with Crippen molar-refractivity contribution in [2.45, 2.75) is 58.2 Å². The number of hydrogen-bond donors (Lipinski definition) is 1. The fraction of sp³-hybridized carbons (Fsp3) is 0.345. The summed E-state index contributed by atoms with van der Waals surface area (Å²) in [4.78, 5) is 43.9. The van der Waals surface area contributed by atoms with Gasteiger partial charge in [-0.2, -0.15) is 0 Å². The summed E-state index contributed by atoms with van der Waals surface area (Å²) in [7, 11) is 0. The van der Waals surface area contributed by atoms with E-state index in [0.717, 1.165) is 47.3 Å². The highest BCUT2D eigenvalue weighted by Gasteiger charge is 2.47. The zero-order valence-corrected chi connectivity index (χ0v) is 21.3. The number of nitrogens with zero attached hydrogens (tertiary/aromatic N) is 2. The van der Waals surface area contributed by atoms with Gasteiger partial charge in [0.15, 0.2) is 0 Å². The molecule has 36 heavy (non-hydrogen) atoms. The van der Waals surface area contributed by atoms with Gasteiger partial charge in [0.1, 0.15) is 0 Å². The summed E-state index contributed by atoms with van der Waals surface area (Å²) in [6.45, 7) is 3.06. The first-order valence-electron chi connectivity index (χ1n) is 12.6. The molecule has 2 aliphatic rings. The minimum Gasteiger partial charge on any atom is -0.351 e. The summed E-state index contributed by atoms with van der Waals surface area (Å²) in [5, 5.41) is 4.92. The molecule has 3 aromatic rings. The number of urea groups is 1. The number of amides is 4. The van der Waals surface area contributed by atoms with Gasteiger partial charge in [-0.3, -0.25) is 9.59 Å². The largest absolute Gasteiger partial charge is 0.351 e. The van der Waals surface area contributed by atoms with Gasteiger partial charge in [0.25, 0.3) is 0 Å². The summed E-state index contributed by atoms with van der Waals surface area (Å²) in [6.07, 6.45) is 3.96. The normalized spacial score (nSPS) is 19.8. The molecular formula is C29H31N3O3S. The molecule has 1 aromatic heterocycles. The van der Waals surface area contributed by atoms with Crippen molar-refractivity contribution >= 4 is 34.9 Å². The topological polar surface area (TPSA) is 69.7 Å². The average Bonchev–Trinajstić information content (AvgIpc) is 3.40. The van der Waals surface area contributed by atoms with Crippen LogP contribution in [-0.4, -0.2) is 28.8 Å². The van der Waals surface area contributed by atoms with Crippen molar-refractivity contribution in [3.63, 3.8) is 0 Å². The standard InChI is InChI=1S/C29H31N3O3S/c1-20-6-4-7-22(16-20)19-31-26-10-3-2-9-25(26)28(34)32(29(31)35)23-13-11-21(12-14-23)17-27(33)30-18-24-8-5-15-36-24/h4-8,11-16,25-26H,2-3,9-10,17-19H2,1H3,(H,30,33). The van der Waals surface area contributed by atoms with Crippen molar-refractivity contribution in [3.05, 3.63) is 87.6 Å². The molecule has 6 nitrogen and oxygen atoms in total. The number of nitrogens with one attached hydrogen (secondary N) is 1. The first kappa shape index (κ1) is 24.3. The molecule has 186 valence electrons. The number of rotatable bonds is 7. The van der Waals surface area contributed by atoms with Gasteiger partial charge < -0.3 is 10.2 Å². The molecule has 7 heteroatoms. The summed E-state index contributed by atoms with van der Waals surface area (Å²) < 4.78 is 0. The number of aryl methyl sites for hydroxylation is 1. The Bertz CT molecular complexity index is 1240. The number of anilines is 1. The average molecular weight is 502 g/mol. The maximum atomic E-state index is 13.7. The number of carbonyl (C=O) groups excluding carboxylic acids is 3. The Labute approximate surface area is 215 Å². The molecule has 2 aromatic carbocycles. The zero-order chi connectivity index (χ0) is 25.1. The Hall–Kier alpha value is -3.45. The maximum absolute atomic E-state index is 13.7. The van der Waals surface area contributed by atoms with Crippen molar-refractivity contribution in [2.24, 2.45) is 5.92 Å². The lowest BCUT2D eigenvalue weighted by Crippen LogP contribution is -2.62. The Morgan fingerprint density at radius 1 is 1.00 bits per heavy atom. The SMILES string of the molecule is Cc1cccc(CN2C(=O)N(c3ccc(CC(=O)NCc4cccs4)cc3)C(=O)C3CCCCC32)c1. The summed E-state index contributed by atoms with van der Waals surface area (Å²) in [5.41, 5.74) is 3.63. The Balaban J connectivity index is 1.32. The van der Waals surface area contributed by atoms with Gasteiger partial charge in [0, 0.05) is 17.5 Å². The van der Waals surface area contributed by atoms with E-state index >= 15 is 0 Å². The van der Waals surface area contributed by atoms with E-state index in [4.69, 9.17) is 0 Å². The molecule has 0 radical (unpaired) electrons. The third-order valence-corrected chi connectivity index (χ3v) is 8.02. The minimum atomic E-state index is -0.258. The van der Waals surface area contributed by atoms with Gasteiger partial charge >= 0.3 is 6.03 Å². The van der Waals surface area contributed by atoms with Crippen LogP contribution in [0.15, 0.2) is 66.0 Å². The first-order valence-corrected chi connectivity index (χ1v) is 13.5. The molecule has 0 spiro atoms. The Kier molecular flexibility index (Phi) is 7.18. The smallest absolute Gasteiger partial charge is 0.331 e. The summed E-state index contributed by atoms with van der Waals surface area (Å²) in [6, 6.07) is 19.1. The van der Waals surface area contributed by atoms with E-state index in [9.17, 15) is 14.4 Å². The highest BCUT2D eigenvalue weighted by atomic mass is 32.1. The minimum absolute atomic E-state index is 0.0539. The van der Waals surface area contributed by atoms with Gasteiger partial charge in [-0.25, -0.2) is 9.69 Å². The number of fused-ring (bicyclic) bond motifs is 1. The molecule has 1 saturated carbocycles. The van der Waals surface area contributed by atoms with Gasteiger partial charge in [-0.1, -0.05) is 60.9 Å². The van der Waals surface area contributed by atoms with Crippen molar-refractivity contribution in [3.8, 4) is 0 Å². The highest BCUT2D eigenvalue weighted by molar-refractivity contribution is 7.09. The summed E-state index contributed by atoms with van der Waals surface area (Å²) in [5.74, 6) is -0.341. The van der Waals surface area contributed by atoms with E-state index in [1.807, 2.05) is 59.7 Å². The fourth-order valence-electron chi connectivity index (χ4n) is 5.34. The van der Waals surface area contributed by atoms with Gasteiger partial charge in [0.05, 0.1) is 24.6 Å². The third kappa shape index (κ3) is 5.21. The Morgan fingerprint density at radius 2 is 1.81 bits per heavy atom. The molecule has 0 bridgehead atoms. The number of hydrogen-bond acceptors (Lipinski definition) is 4. The lowest BCUT2D eigenvalue weighted by atomic mass is 9.81. The van der Waals surface area contributed by atoms with E-state index in [-0.39, 0.29) is 36.2 Å². The van der Waals surface area contributed by atoms with Crippen molar-refractivity contribution in [1.29, 1.82) is 0 Å². The molecule has 2 fully saturated rings. The van der Waals surface area contributed by atoms with Gasteiger partial charge in [-0.05, 0) is 54.5 Å². The quantitative estimate of drug-likeness (QED) is 0.469. The number of benzene rings is 2. The predicted octanol–water partition coefficient (Wildman–Crippen LogP) is 5.44. The van der Waals surface area contributed by atoms with Crippen molar-refractivity contribution in [2.75, 3.05) is 4.90 Å². The molecule has 2 atom stereocenters. The van der Waals surface area contributed by atoms with Crippen LogP contribution in [0.2, 0.25) is 0 Å². The van der Waals surface area contributed by atoms with E-state index in [1.54, 1.807) is 23.5 Å². The van der Waals surface area contributed by atoms with Crippen LogP contribution in [0.3, 0.4) is 0 Å². The van der Waals surface area contributed by atoms with Crippen LogP contribution in [0.5, 0.6) is 0 Å². The molecule has 2 unspecified atom stereocenters. The molecule has 1 N–H and O–H groups in total. The molecule has 2 heterocycles. The molecular weight excluding hydrogens is 470 g/mol. The second kappa shape index (κ2) is 10.7. The van der Waals surface area contributed by atoms with Gasteiger partial charge in [-0.15, -0.1) is 11.3 Å². The lowest BCUT2D eigenvalue weighted by molar-refractivity contribution is -0.127. The molecule has 1 aliphatic heterocycles. The van der Waals surface area contributed by atoms with Crippen molar-refractivity contribution in [1.82, 2.24) is 10.2 Å². The van der Waals surface area contributed by atoms with Crippen LogP contribution in [0.1, 0.15) is 47.3 Å². The van der Waals surface area contributed by atoms with Crippen LogP contribution >= 0.6 is 11.3 Å². The van der Waals surface area contributed by atoms with Crippen molar-refractivity contribution < 1.29 is 14.4 Å². The van der Waals surface area contributed by atoms with Crippen LogP contribution in [0.4, 0.5) is 10.5 Å². The summed E-state index contributed by atoms with van der Waals surface area (Å²) >= 11 is 1.61. The zero-order valence-electron chi connectivity index (χ0n) is 20.5. The lowest BCUT2D eigenvalue weighted by Gasteiger charge is -2.46. The van der Waals surface area contributed by atoms with Crippen LogP contribution in [0.25, 0.3) is 0 Å². The second-order valence-electron chi connectivity index (χ2n) is 9.73. The number of carbonyl (C=O) groups is 3. The van der Waals surface area contributed by atoms with Crippen LogP contribution < -0.4 is 10.2 Å². The Morgan fingerprint density at radius 3 is 2.56 bits per heavy atom. The first-order chi connectivity index (χ1) is 17.5. The third-order valence-electron chi connectivity index (χ3n) is 7.14. The number of imide groups is 1. The predicted molar refractivity (Wildman–Crippen MR) is 142 cm³/mol. The second-order valence-corrected chi connectivity index (χ2v) is 10.8. The number of thiophene rings is 1. The molecule has 1 aliphatic carbocycles. The molecule has 4 amide bonds. The van der Waals surface area contributed by atoms with Crippen LogP contribution in [-0.2, 0) is 29.1 Å². The highest BCUT2D eigenvalue weighted by Crippen LogP contribution is 2.37. The van der Waals surface area contributed by atoms with E-state index in [0.29, 0.717) is 18.8 Å². The maximum Gasteiger partial charge on any atom is 0.331 e. The fourth-order valence-corrected chi connectivity index (χ4v) is 5.99. The van der Waals surface area contributed by atoms with E-state index in [2.05, 4.69) is 11.4 Å². The van der Waals surface area contributed by atoms with Crippen LogP contribution in [0, 0.1) is 12.8 Å². The van der Waals surface area contributed by atoms with Gasteiger partial charge in [0.2, 0.25) is 11.8 Å². The monoisotopic (exact) mass is 501 g/mol. The van der Waals surface area contributed by atoms with E-state index < -0.39 is 0 Å².